The molecule has 0 bridgehead atoms. The lowest BCUT2D eigenvalue weighted by atomic mass is 10.3. The molecule has 0 atom stereocenters. The fourth-order valence-electron chi connectivity index (χ4n) is 2.40. The summed E-state index contributed by atoms with van der Waals surface area (Å²) in [6.07, 6.45) is 1.51. The standard InChI is InChI=1S/C16H16ClN3O2S/c17-12-3-5-13(6-4-12)18-16(23)20-9-7-19(8-10-20)15(21)14-2-1-11-22-14/h1-6,11H,7-10H2,(H,18,23). The molecule has 0 unspecified atom stereocenters. The predicted octanol–water partition coefficient (Wildman–Crippen LogP) is 3.09. The highest BCUT2D eigenvalue weighted by molar-refractivity contribution is 7.80. The van der Waals surface area contributed by atoms with Crippen LogP contribution in [0.5, 0.6) is 0 Å². The molecule has 1 saturated heterocycles. The Morgan fingerprint density at radius 1 is 1.09 bits per heavy atom. The first-order valence-corrected chi connectivity index (χ1v) is 8.06. The summed E-state index contributed by atoms with van der Waals surface area (Å²) in [7, 11) is 0. The summed E-state index contributed by atoms with van der Waals surface area (Å²) in [5.74, 6) is 0.298. The van der Waals surface area contributed by atoms with E-state index in [9.17, 15) is 4.79 Å². The maximum absolute atomic E-state index is 12.2. The number of nitrogens with zero attached hydrogens (tertiary/aromatic N) is 2. The van der Waals surface area contributed by atoms with Crippen molar-refractivity contribution in [2.24, 2.45) is 0 Å². The zero-order valence-corrected chi connectivity index (χ0v) is 13.9. The molecule has 1 N–H and O–H groups in total. The van der Waals surface area contributed by atoms with Crippen molar-refractivity contribution >= 4 is 40.5 Å². The van der Waals surface area contributed by atoms with Gasteiger partial charge >= 0.3 is 0 Å². The van der Waals surface area contributed by atoms with Crippen LogP contribution in [-0.2, 0) is 0 Å². The molecule has 1 aliphatic rings. The number of rotatable bonds is 2. The number of hydrogen-bond acceptors (Lipinski definition) is 3. The molecule has 3 rings (SSSR count). The van der Waals surface area contributed by atoms with Crippen molar-refractivity contribution in [3.63, 3.8) is 0 Å². The number of halogens is 1. The van der Waals surface area contributed by atoms with Crippen LogP contribution in [0.1, 0.15) is 10.6 Å². The lowest BCUT2D eigenvalue weighted by Gasteiger charge is -2.35. The van der Waals surface area contributed by atoms with Gasteiger partial charge in [0, 0.05) is 36.9 Å². The number of anilines is 1. The van der Waals surface area contributed by atoms with E-state index in [-0.39, 0.29) is 5.91 Å². The van der Waals surface area contributed by atoms with E-state index in [1.54, 1.807) is 17.0 Å². The molecule has 5 nitrogen and oxygen atoms in total. The first-order chi connectivity index (χ1) is 11.1. The van der Waals surface area contributed by atoms with E-state index in [1.807, 2.05) is 24.3 Å². The minimum Gasteiger partial charge on any atom is -0.459 e. The molecule has 1 fully saturated rings. The first-order valence-electron chi connectivity index (χ1n) is 7.28. The second-order valence-electron chi connectivity index (χ2n) is 5.19. The van der Waals surface area contributed by atoms with Crippen LogP contribution >= 0.6 is 23.8 Å². The van der Waals surface area contributed by atoms with Crippen LogP contribution in [0, 0.1) is 0 Å². The Labute approximate surface area is 144 Å². The van der Waals surface area contributed by atoms with Gasteiger partial charge in [-0.25, -0.2) is 0 Å². The third kappa shape index (κ3) is 3.83. The molecule has 1 amide bonds. The molecule has 2 aromatic rings. The van der Waals surface area contributed by atoms with Gasteiger partial charge in [-0.05, 0) is 48.6 Å². The van der Waals surface area contributed by atoms with Gasteiger partial charge in [0.1, 0.15) is 0 Å². The van der Waals surface area contributed by atoms with E-state index in [0.717, 1.165) is 5.69 Å². The van der Waals surface area contributed by atoms with Gasteiger partial charge in [0.05, 0.1) is 6.26 Å². The van der Waals surface area contributed by atoms with Crippen LogP contribution in [0.4, 0.5) is 5.69 Å². The summed E-state index contributed by atoms with van der Waals surface area (Å²) in [5, 5.41) is 4.52. The van der Waals surface area contributed by atoms with Crippen molar-refractivity contribution in [2.75, 3.05) is 31.5 Å². The van der Waals surface area contributed by atoms with E-state index in [2.05, 4.69) is 10.2 Å². The van der Waals surface area contributed by atoms with Gasteiger partial charge in [-0.3, -0.25) is 4.79 Å². The quantitative estimate of drug-likeness (QED) is 0.844. The highest BCUT2D eigenvalue weighted by Gasteiger charge is 2.24. The van der Waals surface area contributed by atoms with E-state index in [1.165, 1.54) is 6.26 Å². The molecule has 23 heavy (non-hydrogen) atoms. The van der Waals surface area contributed by atoms with Gasteiger partial charge in [-0.2, -0.15) is 0 Å². The number of thiocarbonyl (C=S) groups is 1. The lowest BCUT2D eigenvalue weighted by Crippen LogP contribution is -2.51. The maximum Gasteiger partial charge on any atom is 0.289 e. The van der Waals surface area contributed by atoms with Crippen LogP contribution < -0.4 is 5.32 Å². The van der Waals surface area contributed by atoms with Crippen LogP contribution in [0.2, 0.25) is 5.02 Å². The number of hydrogen-bond donors (Lipinski definition) is 1. The number of carbonyl (C=O) groups excluding carboxylic acids is 1. The summed E-state index contributed by atoms with van der Waals surface area (Å²) >= 11 is 11.3. The van der Waals surface area contributed by atoms with Crippen molar-refractivity contribution in [3.05, 3.63) is 53.4 Å². The number of nitrogens with one attached hydrogen (secondary N) is 1. The molecule has 7 heteroatoms. The Hall–Kier alpha value is -2.05. The minimum atomic E-state index is -0.0776. The van der Waals surface area contributed by atoms with Gasteiger partial charge in [0.25, 0.3) is 5.91 Å². The molecule has 0 spiro atoms. The average Bonchev–Trinajstić information content (AvgIpc) is 3.11. The fraction of sp³-hybridized carbons (Fsp3) is 0.250. The molecular weight excluding hydrogens is 334 g/mol. The monoisotopic (exact) mass is 349 g/mol. The molecule has 1 aromatic heterocycles. The Morgan fingerprint density at radius 2 is 1.74 bits per heavy atom. The highest BCUT2D eigenvalue weighted by atomic mass is 35.5. The third-order valence-corrected chi connectivity index (χ3v) is 4.29. The smallest absolute Gasteiger partial charge is 0.289 e. The average molecular weight is 350 g/mol. The van der Waals surface area contributed by atoms with Gasteiger partial charge in [0.15, 0.2) is 10.9 Å². The summed E-state index contributed by atoms with van der Waals surface area (Å²) in [5.41, 5.74) is 0.897. The normalized spacial score (nSPS) is 14.7. The Balaban J connectivity index is 1.53. The van der Waals surface area contributed by atoms with Gasteiger partial charge in [-0.1, -0.05) is 11.6 Å². The lowest BCUT2D eigenvalue weighted by molar-refractivity contribution is 0.0661. The predicted molar refractivity (Wildman–Crippen MR) is 93.9 cm³/mol. The number of amides is 1. The van der Waals surface area contributed by atoms with Crippen molar-refractivity contribution in [2.45, 2.75) is 0 Å². The van der Waals surface area contributed by atoms with Crippen LogP contribution in [0.15, 0.2) is 47.1 Å². The van der Waals surface area contributed by atoms with Crippen molar-refractivity contribution in [1.29, 1.82) is 0 Å². The topological polar surface area (TPSA) is 48.7 Å². The zero-order chi connectivity index (χ0) is 16.2. The SMILES string of the molecule is O=C(c1ccco1)N1CCN(C(=S)Nc2ccc(Cl)cc2)CC1. The summed E-state index contributed by atoms with van der Waals surface area (Å²) in [6, 6.07) is 10.8. The van der Waals surface area contributed by atoms with Crippen molar-refractivity contribution in [3.8, 4) is 0 Å². The molecule has 120 valence electrons. The highest BCUT2D eigenvalue weighted by Crippen LogP contribution is 2.15. The summed E-state index contributed by atoms with van der Waals surface area (Å²) in [4.78, 5) is 16.0. The van der Waals surface area contributed by atoms with E-state index < -0.39 is 0 Å². The van der Waals surface area contributed by atoms with Crippen LogP contribution in [-0.4, -0.2) is 47.0 Å². The molecular formula is C16H16ClN3O2S. The largest absolute Gasteiger partial charge is 0.459 e. The number of benzene rings is 1. The van der Waals surface area contributed by atoms with Crippen LogP contribution in [0.3, 0.4) is 0 Å². The third-order valence-electron chi connectivity index (χ3n) is 3.68. The van der Waals surface area contributed by atoms with Crippen LogP contribution in [0.25, 0.3) is 0 Å². The second-order valence-corrected chi connectivity index (χ2v) is 6.02. The molecule has 1 aromatic carbocycles. The van der Waals surface area contributed by atoms with Crippen molar-refractivity contribution < 1.29 is 9.21 Å². The fourth-order valence-corrected chi connectivity index (χ4v) is 2.83. The summed E-state index contributed by atoms with van der Waals surface area (Å²) in [6.45, 7) is 2.60. The second kappa shape index (κ2) is 7.02. The number of furan rings is 1. The Morgan fingerprint density at radius 3 is 2.35 bits per heavy atom. The molecule has 2 heterocycles. The van der Waals surface area contributed by atoms with Gasteiger partial charge < -0.3 is 19.5 Å². The van der Waals surface area contributed by atoms with E-state index in [4.69, 9.17) is 28.2 Å². The molecule has 0 radical (unpaired) electrons. The van der Waals surface area contributed by atoms with E-state index >= 15 is 0 Å². The zero-order valence-electron chi connectivity index (χ0n) is 12.4. The van der Waals surface area contributed by atoms with Crippen molar-refractivity contribution in [1.82, 2.24) is 9.80 Å². The molecule has 0 saturated carbocycles. The van der Waals surface area contributed by atoms with Gasteiger partial charge in [-0.15, -0.1) is 0 Å². The Bertz CT molecular complexity index is 680. The molecule has 1 aliphatic heterocycles. The molecule has 0 aliphatic carbocycles. The summed E-state index contributed by atoms with van der Waals surface area (Å²) < 4.78 is 5.16. The first kappa shape index (κ1) is 15.8. The minimum absolute atomic E-state index is 0.0776. The number of piperazine rings is 1. The maximum atomic E-state index is 12.2. The van der Waals surface area contributed by atoms with E-state index in [0.29, 0.717) is 42.1 Å². The number of carbonyl (C=O) groups is 1. The Kier molecular flexibility index (Phi) is 4.83. The van der Waals surface area contributed by atoms with Gasteiger partial charge in [0.2, 0.25) is 0 Å².